The Balaban J connectivity index is 0.00000320. The summed E-state index contributed by atoms with van der Waals surface area (Å²) in [5, 5.41) is 9.89. The molecule has 11 heteroatoms. The Labute approximate surface area is 195 Å². The Hall–Kier alpha value is -1.76. The van der Waals surface area contributed by atoms with Gasteiger partial charge in [-0.1, -0.05) is 6.07 Å². The van der Waals surface area contributed by atoms with Crippen molar-refractivity contribution in [1.82, 2.24) is 15.6 Å². The molecule has 1 aliphatic rings. The predicted molar refractivity (Wildman–Crippen MR) is 124 cm³/mol. The van der Waals surface area contributed by atoms with E-state index < -0.39 is 12.8 Å². The van der Waals surface area contributed by atoms with E-state index in [1.807, 2.05) is 0 Å². The number of ether oxygens (including phenoxy) is 1. The van der Waals surface area contributed by atoms with Crippen molar-refractivity contribution in [1.29, 1.82) is 0 Å². The lowest BCUT2D eigenvalue weighted by atomic mass is 10.1. The topological polar surface area (TPSA) is 61.8 Å². The molecule has 0 radical (unpaired) electrons. The van der Waals surface area contributed by atoms with Crippen molar-refractivity contribution in [3.63, 3.8) is 0 Å². The van der Waals surface area contributed by atoms with Gasteiger partial charge in [-0.15, -0.1) is 35.3 Å². The second-order valence-electron chi connectivity index (χ2n) is 6.65. The third-order valence-electron chi connectivity index (χ3n) is 4.55. The highest BCUT2D eigenvalue weighted by Gasteiger charge is 2.29. The maximum absolute atomic E-state index is 12.4. The fourth-order valence-corrected chi connectivity index (χ4v) is 3.89. The van der Waals surface area contributed by atoms with Crippen LogP contribution >= 0.6 is 35.3 Å². The molecule has 0 atom stereocenters. The van der Waals surface area contributed by atoms with Gasteiger partial charge in [0.25, 0.3) is 0 Å². The van der Waals surface area contributed by atoms with E-state index in [1.165, 1.54) is 11.2 Å². The monoisotopic (exact) mass is 555 g/mol. The van der Waals surface area contributed by atoms with E-state index in [0.717, 1.165) is 25.9 Å². The maximum Gasteiger partial charge on any atom is 0.422 e. The molecule has 0 unspecified atom stereocenters. The second kappa shape index (κ2) is 11.6. The molecule has 0 saturated carbocycles. The van der Waals surface area contributed by atoms with Crippen molar-refractivity contribution >= 4 is 46.3 Å². The molecule has 166 valence electrons. The van der Waals surface area contributed by atoms with Crippen LogP contribution in [0.15, 0.2) is 40.8 Å². The van der Waals surface area contributed by atoms with Crippen LogP contribution in [-0.4, -0.2) is 49.9 Å². The summed E-state index contributed by atoms with van der Waals surface area (Å²) in [6.07, 6.45) is -1.04. The number of hydrogen-bond donors (Lipinski definition) is 2. The number of halogens is 4. The zero-order valence-electron chi connectivity index (χ0n) is 16.5. The average molecular weight is 555 g/mol. The summed E-state index contributed by atoms with van der Waals surface area (Å²) in [7, 11) is 1.67. The van der Waals surface area contributed by atoms with Gasteiger partial charge in [0.05, 0.1) is 5.00 Å². The molecule has 0 bridgehead atoms. The number of guanidine groups is 1. The molecule has 6 nitrogen and oxygen atoms in total. The molecule has 1 aliphatic heterocycles. The van der Waals surface area contributed by atoms with Crippen molar-refractivity contribution in [2.75, 3.05) is 31.6 Å². The van der Waals surface area contributed by atoms with Crippen molar-refractivity contribution in [3.8, 4) is 5.88 Å². The van der Waals surface area contributed by atoms with Crippen molar-refractivity contribution < 1.29 is 17.9 Å². The molecular weight excluding hydrogens is 530 g/mol. The van der Waals surface area contributed by atoms with Gasteiger partial charge in [-0.25, -0.2) is 4.98 Å². The van der Waals surface area contributed by atoms with E-state index >= 15 is 0 Å². The van der Waals surface area contributed by atoms with Crippen LogP contribution in [0, 0.1) is 0 Å². The molecule has 3 heterocycles. The normalized spacial score (nSPS) is 15.5. The minimum Gasteiger partial charge on any atom is -0.468 e. The number of aliphatic imine (C=N–C) groups is 1. The first-order chi connectivity index (χ1) is 13.9. The van der Waals surface area contributed by atoms with Crippen LogP contribution in [-0.2, 0) is 6.54 Å². The van der Waals surface area contributed by atoms with Gasteiger partial charge in [0.1, 0.15) is 0 Å². The van der Waals surface area contributed by atoms with Crippen molar-refractivity contribution in [2.24, 2.45) is 4.99 Å². The summed E-state index contributed by atoms with van der Waals surface area (Å²) >= 11 is 1.74. The van der Waals surface area contributed by atoms with Gasteiger partial charge in [-0.05, 0) is 36.4 Å². The van der Waals surface area contributed by atoms with Crippen LogP contribution in [0.2, 0.25) is 0 Å². The number of pyridine rings is 1. The number of nitrogens with one attached hydrogen (secondary N) is 2. The predicted octanol–water partition coefficient (Wildman–Crippen LogP) is 4.04. The summed E-state index contributed by atoms with van der Waals surface area (Å²) < 4.78 is 42.1. The van der Waals surface area contributed by atoms with Crippen LogP contribution in [0.1, 0.15) is 18.4 Å². The first kappa shape index (κ1) is 24.5. The first-order valence-corrected chi connectivity index (χ1v) is 10.2. The number of aromatic nitrogens is 1. The SMILES string of the molecule is CN=C(NCc1cccnc1OCC(F)(F)F)NC1CCN(c2cccs2)CC1.I. The Kier molecular flexibility index (Phi) is 9.46. The van der Waals surface area contributed by atoms with Gasteiger partial charge in [0.15, 0.2) is 12.6 Å². The van der Waals surface area contributed by atoms with Gasteiger partial charge in [-0.3, -0.25) is 4.99 Å². The molecule has 30 heavy (non-hydrogen) atoms. The van der Waals surface area contributed by atoms with E-state index in [9.17, 15) is 13.2 Å². The lowest BCUT2D eigenvalue weighted by Gasteiger charge is -2.33. The third kappa shape index (κ3) is 7.49. The standard InChI is InChI=1S/C19H24F3N5OS.HI/c1-23-18(26-15-6-9-27(10-7-15)16-5-3-11-29-16)25-12-14-4-2-8-24-17(14)28-13-19(20,21)22;/h2-5,8,11,15H,6-7,9-10,12-13H2,1H3,(H2,23,25,26);1H. The number of rotatable bonds is 6. The zero-order chi connectivity index (χ0) is 20.7. The summed E-state index contributed by atoms with van der Waals surface area (Å²) in [5.41, 5.74) is 0.534. The molecule has 1 saturated heterocycles. The van der Waals surface area contributed by atoms with Crippen LogP contribution in [0.4, 0.5) is 18.2 Å². The van der Waals surface area contributed by atoms with Crippen molar-refractivity contribution in [3.05, 3.63) is 41.4 Å². The number of piperidine rings is 1. The fraction of sp³-hybridized carbons (Fsp3) is 0.474. The van der Waals surface area contributed by atoms with Crippen LogP contribution in [0.25, 0.3) is 0 Å². The molecule has 3 rings (SSSR count). The van der Waals surface area contributed by atoms with Gasteiger partial charge in [0.2, 0.25) is 5.88 Å². The second-order valence-corrected chi connectivity index (χ2v) is 7.58. The highest BCUT2D eigenvalue weighted by molar-refractivity contribution is 14.0. The number of anilines is 1. The Morgan fingerprint density at radius 1 is 1.30 bits per heavy atom. The molecule has 0 amide bonds. The van der Waals surface area contributed by atoms with Gasteiger partial charge < -0.3 is 20.3 Å². The maximum atomic E-state index is 12.4. The molecule has 2 aromatic rings. The smallest absolute Gasteiger partial charge is 0.422 e. The van der Waals surface area contributed by atoms with Gasteiger partial charge in [0, 0.05) is 44.5 Å². The number of alkyl halides is 3. The van der Waals surface area contributed by atoms with Crippen LogP contribution < -0.4 is 20.3 Å². The lowest BCUT2D eigenvalue weighted by molar-refractivity contribution is -0.154. The molecular formula is C19H25F3IN5OS. The number of hydrogen-bond acceptors (Lipinski definition) is 5. The summed E-state index contributed by atoms with van der Waals surface area (Å²) in [5.74, 6) is 0.572. The van der Waals surface area contributed by atoms with E-state index in [1.54, 1.807) is 30.5 Å². The molecule has 1 fully saturated rings. The Bertz CT molecular complexity index is 796. The van der Waals surface area contributed by atoms with Crippen LogP contribution in [0.5, 0.6) is 5.88 Å². The van der Waals surface area contributed by atoms with E-state index in [0.29, 0.717) is 11.5 Å². The highest BCUT2D eigenvalue weighted by atomic mass is 127. The lowest BCUT2D eigenvalue weighted by Crippen LogP contribution is -2.48. The Morgan fingerprint density at radius 2 is 2.07 bits per heavy atom. The van der Waals surface area contributed by atoms with Crippen molar-refractivity contribution in [2.45, 2.75) is 31.6 Å². The molecule has 2 N–H and O–H groups in total. The van der Waals surface area contributed by atoms with Crippen LogP contribution in [0.3, 0.4) is 0 Å². The molecule has 2 aromatic heterocycles. The summed E-state index contributed by atoms with van der Waals surface area (Å²) in [6, 6.07) is 7.81. The van der Waals surface area contributed by atoms with Gasteiger partial charge in [-0.2, -0.15) is 13.2 Å². The summed E-state index contributed by atoms with van der Waals surface area (Å²) in [4.78, 5) is 10.5. The molecule has 0 aliphatic carbocycles. The quantitative estimate of drug-likeness (QED) is 0.320. The van der Waals surface area contributed by atoms with Gasteiger partial charge >= 0.3 is 6.18 Å². The summed E-state index contributed by atoms with van der Waals surface area (Å²) in [6.45, 7) is 0.821. The Morgan fingerprint density at radius 3 is 2.70 bits per heavy atom. The first-order valence-electron chi connectivity index (χ1n) is 9.33. The van der Waals surface area contributed by atoms with E-state index in [4.69, 9.17) is 4.74 Å². The number of thiophene rings is 1. The van der Waals surface area contributed by atoms with E-state index in [-0.39, 0.29) is 42.4 Å². The fourth-order valence-electron chi connectivity index (χ4n) is 3.10. The minimum atomic E-state index is -4.40. The minimum absolute atomic E-state index is 0. The highest BCUT2D eigenvalue weighted by Crippen LogP contribution is 2.25. The average Bonchev–Trinajstić information content (AvgIpc) is 3.25. The number of nitrogens with zero attached hydrogens (tertiary/aromatic N) is 3. The molecule has 0 aromatic carbocycles. The largest absolute Gasteiger partial charge is 0.468 e. The third-order valence-corrected chi connectivity index (χ3v) is 5.48. The zero-order valence-corrected chi connectivity index (χ0v) is 19.6. The molecule has 0 spiro atoms. The van der Waals surface area contributed by atoms with E-state index in [2.05, 4.69) is 43.0 Å².